The highest BCUT2D eigenvalue weighted by atomic mass is 16.5. The summed E-state index contributed by atoms with van der Waals surface area (Å²) >= 11 is 0. The normalized spacial score (nSPS) is 11.6. The van der Waals surface area contributed by atoms with Crippen molar-refractivity contribution in [3.8, 4) is 11.5 Å². The SMILES string of the molecule is COc1cc(C(C)=O)ccc1OC(C)C(=O)Nc1c(C)cc(C)cc1C. The molecule has 0 radical (unpaired) electrons. The van der Waals surface area contributed by atoms with E-state index >= 15 is 0 Å². The van der Waals surface area contributed by atoms with E-state index < -0.39 is 6.10 Å². The van der Waals surface area contributed by atoms with Crippen molar-refractivity contribution in [2.45, 2.75) is 40.7 Å². The second kappa shape index (κ2) is 8.04. The quantitative estimate of drug-likeness (QED) is 0.788. The van der Waals surface area contributed by atoms with Crippen molar-refractivity contribution in [2.75, 3.05) is 12.4 Å². The van der Waals surface area contributed by atoms with Gasteiger partial charge in [0.15, 0.2) is 23.4 Å². The standard InChI is InChI=1S/C21H25NO4/c1-12-9-13(2)20(14(3)10-12)22-21(24)16(5)26-18-8-7-17(15(4)23)11-19(18)25-6/h7-11,16H,1-6H3,(H,22,24). The number of amides is 1. The van der Waals surface area contributed by atoms with Crippen molar-refractivity contribution >= 4 is 17.4 Å². The molecule has 0 saturated heterocycles. The molecule has 0 aliphatic rings. The molecule has 26 heavy (non-hydrogen) atoms. The Hall–Kier alpha value is -2.82. The van der Waals surface area contributed by atoms with E-state index in [-0.39, 0.29) is 11.7 Å². The maximum Gasteiger partial charge on any atom is 0.265 e. The summed E-state index contributed by atoms with van der Waals surface area (Å²) in [7, 11) is 1.50. The highest BCUT2D eigenvalue weighted by Crippen LogP contribution is 2.29. The minimum Gasteiger partial charge on any atom is -0.493 e. The molecule has 0 aliphatic heterocycles. The highest BCUT2D eigenvalue weighted by molar-refractivity contribution is 5.96. The number of nitrogens with one attached hydrogen (secondary N) is 1. The van der Waals surface area contributed by atoms with E-state index in [0.717, 1.165) is 22.4 Å². The Morgan fingerprint density at radius 1 is 1.00 bits per heavy atom. The third-order valence-corrected chi connectivity index (χ3v) is 4.17. The number of anilines is 1. The molecule has 2 rings (SSSR count). The summed E-state index contributed by atoms with van der Waals surface area (Å²) in [6.45, 7) is 9.10. The second-order valence-electron chi connectivity index (χ2n) is 6.44. The first kappa shape index (κ1) is 19.5. The zero-order chi connectivity index (χ0) is 19.4. The van der Waals surface area contributed by atoms with Crippen LogP contribution in [0.1, 0.15) is 40.9 Å². The Kier molecular flexibility index (Phi) is 6.03. The average Bonchev–Trinajstić information content (AvgIpc) is 2.57. The maximum absolute atomic E-state index is 12.5. The molecule has 0 spiro atoms. The Labute approximate surface area is 154 Å². The van der Waals surface area contributed by atoms with Crippen molar-refractivity contribution in [1.82, 2.24) is 0 Å². The molecule has 1 atom stereocenters. The van der Waals surface area contributed by atoms with Gasteiger partial charge in [0.05, 0.1) is 7.11 Å². The van der Waals surface area contributed by atoms with Gasteiger partial charge < -0.3 is 14.8 Å². The number of rotatable bonds is 6. The van der Waals surface area contributed by atoms with Crippen LogP contribution in [0.4, 0.5) is 5.69 Å². The topological polar surface area (TPSA) is 64.6 Å². The van der Waals surface area contributed by atoms with Gasteiger partial charge >= 0.3 is 0 Å². The van der Waals surface area contributed by atoms with Crippen LogP contribution in [0, 0.1) is 20.8 Å². The minimum atomic E-state index is -0.729. The van der Waals surface area contributed by atoms with Crippen LogP contribution in [0.15, 0.2) is 30.3 Å². The molecule has 1 unspecified atom stereocenters. The van der Waals surface area contributed by atoms with Gasteiger partial charge in [-0.15, -0.1) is 0 Å². The number of benzene rings is 2. The largest absolute Gasteiger partial charge is 0.493 e. The van der Waals surface area contributed by atoms with Crippen LogP contribution in [-0.2, 0) is 4.79 Å². The maximum atomic E-state index is 12.5. The summed E-state index contributed by atoms with van der Waals surface area (Å²) in [5.74, 6) is 0.515. The number of Topliss-reactive ketones (excluding diaryl/α,β-unsaturated/α-hetero) is 1. The Morgan fingerprint density at radius 2 is 1.62 bits per heavy atom. The molecule has 0 saturated carbocycles. The van der Waals surface area contributed by atoms with Gasteiger partial charge in [0.25, 0.3) is 5.91 Å². The van der Waals surface area contributed by atoms with Crippen molar-refractivity contribution in [2.24, 2.45) is 0 Å². The first-order valence-electron chi connectivity index (χ1n) is 8.47. The summed E-state index contributed by atoms with van der Waals surface area (Å²) in [6.07, 6.45) is -0.729. The fourth-order valence-corrected chi connectivity index (χ4v) is 2.83. The van der Waals surface area contributed by atoms with Gasteiger partial charge in [-0.1, -0.05) is 17.7 Å². The van der Waals surface area contributed by atoms with Gasteiger partial charge in [-0.3, -0.25) is 9.59 Å². The van der Waals surface area contributed by atoms with E-state index in [0.29, 0.717) is 17.1 Å². The molecule has 0 fully saturated rings. The van der Waals surface area contributed by atoms with E-state index in [4.69, 9.17) is 9.47 Å². The molecule has 0 heterocycles. The van der Waals surface area contributed by atoms with E-state index in [1.165, 1.54) is 14.0 Å². The first-order chi connectivity index (χ1) is 12.2. The monoisotopic (exact) mass is 355 g/mol. The number of aryl methyl sites for hydroxylation is 3. The fourth-order valence-electron chi connectivity index (χ4n) is 2.83. The van der Waals surface area contributed by atoms with Gasteiger partial charge in [-0.05, 0) is 63.9 Å². The summed E-state index contributed by atoms with van der Waals surface area (Å²) in [5.41, 5.74) is 4.49. The zero-order valence-electron chi connectivity index (χ0n) is 16.1. The zero-order valence-corrected chi connectivity index (χ0v) is 16.1. The average molecular weight is 355 g/mol. The molecule has 138 valence electrons. The van der Waals surface area contributed by atoms with Gasteiger partial charge in [0, 0.05) is 11.3 Å². The number of hydrogen-bond acceptors (Lipinski definition) is 4. The summed E-state index contributed by atoms with van der Waals surface area (Å²) < 4.78 is 11.0. The summed E-state index contributed by atoms with van der Waals surface area (Å²) in [5, 5.41) is 2.93. The van der Waals surface area contributed by atoms with Gasteiger partial charge in [0.1, 0.15) is 0 Å². The van der Waals surface area contributed by atoms with Crippen LogP contribution in [-0.4, -0.2) is 24.9 Å². The van der Waals surface area contributed by atoms with E-state index in [1.54, 1.807) is 25.1 Å². The lowest BCUT2D eigenvalue weighted by atomic mass is 10.0. The third-order valence-electron chi connectivity index (χ3n) is 4.17. The summed E-state index contributed by atoms with van der Waals surface area (Å²) in [6, 6.07) is 8.95. The highest BCUT2D eigenvalue weighted by Gasteiger charge is 2.19. The predicted octanol–water partition coefficient (Wildman–Crippen LogP) is 4.23. The number of ketones is 1. The fraction of sp³-hybridized carbons (Fsp3) is 0.333. The van der Waals surface area contributed by atoms with E-state index in [2.05, 4.69) is 5.32 Å². The number of ether oxygens (including phenoxy) is 2. The van der Waals surface area contributed by atoms with Gasteiger partial charge in [-0.2, -0.15) is 0 Å². The molecule has 0 aromatic heterocycles. The molecule has 5 nitrogen and oxygen atoms in total. The van der Waals surface area contributed by atoms with Crippen LogP contribution in [0.3, 0.4) is 0 Å². The lowest BCUT2D eigenvalue weighted by Crippen LogP contribution is -2.30. The van der Waals surface area contributed by atoms with E-state index in [9.17, 15) is 9.59 Å². The third kappa shape index (κ3) is 4.42. The predicted molar refractivity (Wildman–Crippen MR) is 102 cm³/mol. The smallest absolute Gasteiger partial charge is 0.265 e. The molecular formula is C21H25NO4. The van der Waals surface area contributed by atoms with Crippen molar-refractivity contribution in [3.63, 3.8) is 0 Å². The molecule has 0 bridgehead atoms. The van der Waals surface area contributed by atoms with Crippen molar-refractivity contribution in [3.05, 3.63) is 52.6 Å². The van der Waals surface area contributed by atoms with Crippen LogP contribution in [0.2, 0.25) is 0 Å². The summed E-state index contributed by atoms with van der Waals surface area (Å²) in [4.78, 5) is 24.0. The number of carbonyl (C=O) groups is 2. The lowest BCUT2D eigenvalue weighted by Gasteiger charge is -2.19. The molecule has 1 N–H and O–H groups in total. The van der Waals surface area contributed by atoms with Gasteiger partial charge in [0.2, 0.25) is 0 Å². The number of carbonyl (C=O) groups excluding carboxylic acids is 2. The minimum absolute atomic E-state index is 0.0639. The second-order valence-corrected chi connectivity index (χ2v) is 6.44. The molecular weight excluding hydrogens is 330 g/mol. The molecule has 2 aromatic rings. The van der Waals surface area contributed by atoms with Crippen LogP contribution in [0.5, 0.6) is 11.5 Å². The Bertz CT molecular complexity index is 819. The lowest BCUT2D eigenvalue weighted by molar-refractivity contribution is -0.122. The molecule has 2 aromatic carbocycles. The van der Waals surface area contributed by atoms with Crippen molar-refractivity contribution in [1.29, 1.82) is 0 Å². The van der Waals surface area contributed by atoms with Crippen LogP contribution < -0.4 is 14.8 Å². The number of hydrogen-bond donors (Lipinski definition) is 1. The number of methoxy groups -OCH3 is 1. The van der Waals surface area contributed by atoms with Crippen LogP contribution >= 0.6 is 0 Å². The Morgan fingerprint density at radius 3 is 2.15 bits per heavy atom. The molecule has 1 amide bonds. The molecule has 0 aliphatic carbocycles. The van der Waals surface area contributed by atoms with Crippen molar-refractivity contribution < 1.29 is 19.1 Å². The van der Waals surface area contributed by atoms with Gasteiger partial charge in [-0.25, -0.2) is 0 Å². The van der Waals surface area contributed by atoms with E-state index in [1.807, 2.05) is 32.9 Å². The molecule has 5 heteroatoms. The first-order valence-corrected chi connectivity index (χ1v) is 8.47. The van der Waals surface area contributed by atoms with Crippen LogP contribution in [0.25, 0.3) is 0 Å². The Balaban J connectivity index is 2.16.